The van der Waals surface area contributed by atoms with Gasteiger partial charge in [-0.2, -0.15) is 8.42 Å². The molecule has 1 saturated carbocycles. The number of hydrogen-bond donors (Lipinski definition) is 2. The van der Waals surface area contributed by atoms with Crippen molar-refractivity contribution in [2.24, 2.45) is 5.92 Å². The van der Waals surface area contributed by atoms with Crippen LogP contribution in [0.15, 0.2) is 30.3 Å². The fraction of sp³-hybridized carbons (Fsp3) is 0.500. The number of alkyl halides is 1. The molecule has 3 unspecified atom stereocenters. The monoisotopic (exact) mass is 332 g/mol. The van der Waals surface area contributed by atoms with Gasteiger partial charge in [-0.3, -0.25) is 9.35 Å². The van der Waals surface area contributed by atoms with Gasteiger partial charge in [0.25, 0.3) is 10.1 Å². The highest BCUT2D eigenvalue weighted by molar-refractivity contribution is 7.87. The average molecular weight is 333 g/mol. The van der Waals surface area contributed by atoms with Crippen LogP contribution >= 0.6 is 11.6 Å². The number of rotatable bonds is 4. The van der Waals surface area contributed by atoms with Crippen LogP contribution in [-0.2, 0) is 19.7 Å². The third-order valence-electron chi connectivity index (χ3n) is 4.13. The molecule has 0 saturated heterocycles. The molecule has 1 aromatic rings. The van der Waals surface area contributed by atoms with Gasteiger partial charge in [-0.25, -0.2) is 0 Å². The van der Waals surface area contributed by atoms with E-state index in [9.17, 15) is 22.9 Å². The Kier molecular flexibility index (Phi) is 4.60. The van der Waals surface area contributed by atoms with Crippen LogP contribution in [0.25, 0.3) is 0 Å². The minimum atomic E-state index is -4.90. The molecule has 116 valence electrons. The molecule has 2 N–H and O–H groups in total. The second kappa shape index (κ2) is 5.94. The summed E-state index contributed by atoms with van der Waals surface area (Å²) in [6.07, 6.45) is 2.38. The van der Waals surface area contributed by atoms with Gasteiger partial charge in [-0.1, -0.05) is 43.2 Å². The first-order valence-corrected chi connectivity index (χ1v) is 8.59. The summed E-state index contributed by atoms with van der Waals surface area (Å²) in [6.45, 7) is 0. The molecule has 0 amide bonds. The van der Waals surface area contributed by atoms with E-state index in [-0.39, 0.29) is 5.56 Å². The number of halogens is 1. The van der Waals surface area contributed by atoms with E-state index in [1.165, 1.54) is 12.1 Å². The fourth-order valence-electron chi connectivity index (χ4n) is 3.18. The highest BCUT2D eigenvalue weighted by Gasteiger charge is 2.60. The van der Waals surface area contributed by atoms with E-state index in [1.807, 2.05) is 0 Å². The largest absolute Gasteiger partial charge is 0.480 e. The van der Waals surface area contributed by atoms with E-state index in [1.54, 1.807) is 18.2 Å². The minimum Gasteiger partial charge on any atom is -0.480 e. The topological polar surface area (TPSA) is 91.7 Å². The van der Waals surface area contributed by atoms with Gasteiger partial charge in [0.05, 0.1) is 0 Å². The van der Waals surface area contributed by atoms with Crippen LogP contribution in [0.4, 0.5) is 0 Å². The van der Waals surface area contributed by atoms with E-state index in [4.69, 9.17) is 11.6 Å². The molecule has 0 heterocycles. The molecule has 7 heteroatoms. The Morgan fingerprint density at radius 2 is 1.76 bits per heavy atom. The molecule has 1 aromatic carbocycles. The second-order valence-corrected chi connectivity index (χ2v) is 7.44. The van der Waals surface area contributed by atoms with Gasteiger partial charge in [-0.05, 0) is 18.4 Å². The third-order valence-corrected chi connectivity index (χ3v) is 6.18. The lowest BCUT2D eigenvalue weighted by Gasteiger charge is -2.39. The Balaban J connectivity index is 2.71. The molecule has 0 radical (unpaired) electrons. The van der Waals surface area contributed by atoms with Crippen molar-refractivity contribution in [2.45, 2.75) is 35.8 Å². The van der Waals surface area contributed by atoms with Gasteiger partial charge in [0.15, 0.2) is 0 Å². The molecule has 21 heavy (non-hydrogen) atoms. The number of benzene rings is 1. The highest BCUT2D eigenvalue weighted by Crippen LogP contribution is 2.46. The molecule has 0 aliphatic heterocycles. The van der Waals surface area contributed by atoms with Gasteiger partial charge in [-0.15, -0.1) is 11.6 Å². The fourth-order valence-corrected chi connectivity index (χ4v) is 5.04. The number of carboxylic acids is 1. The Morgan fingerprint density at radius 3 is 2.24 bits per heavy atom. The van der Waals surface area contributed by atoms with Crippen molar-refractivity contribution in [3.05, 3.63) is 35.9 Å². The number of carbonyl (C=O) groups is 1. The lowest BCUT2D eigenvalue weighted by molar-refractivity contribution is -0.142. The normalized spacial score (nSPS) is 26.0. The van der Waals surface area contributed by atoms with E-state index in [2.05, 4.69) is 0 Å². The first-order valence-electron chi connectivity index (χ1n) is 6.72. The zero-order chi connectivity index (χ0) is 15.7. The van der Waals surface area contributed by atoms with Crippen molar-refractivity contribution in [3.8, 4) is 0 Å². The van der Waals surface area contributed by atoms with Crippen molar-refractivity contribution >= 4 is 27.7 Å². The zero-order valence-electron chi connectivity index (χ0n) is 11.3. The number of carboxylic acid groups (broad SMARTS) is 1. The van der Waals surface area contributed by atoms with Crippen LogP contribution in [0.3, 0.4) is 0 Å². The van der Waals surface area contributed by atoms with Gasteiger partial charge in [0.1, 0.15) is 0 Å². The lowest BCUT2D eigenvalue weighted by Crippen LogP contribution is -2.53. The predicted molar refractivity (Wildman–Crippen MR) is 78.9 cm³/mol. The Hall–Kier alpha value is -1.11. The predicted octanol–water partition coefficient (Wildman–Crippen LogP) is 2.65. The SMILES string of the molecule is O=C(O)C(c1ccccc1)(C1CCCCC1Cl)S(=O)(=O)O. The van der Waals surface area contributed by atoms with E-state index in [0.29, 0.717) is 19.3 Å². The molecule has 0 aromatic heterocycles. The van der Waals surface area contributed by atoms with Crippen molar-refractivity contribution < 1.29 is 22.9 Å². The maximum Gasteiger partial charge on any atom is 0.332 e. The van der Waals surface area contributed by atoms with Crippen LogP contribution in [0.2, 0.25) is 0 Å². The van der Waals surface area contributed by atoms with Crippen LogP contribution in [-0.4, -0.2) is 29.4 Å². The Labute approximate surface area is 128 Å². The second-order valence-electron chi connectivity index (χ2n) is 5.29. The standard InChI is InChI=1S/C14H17ClO5S/c15-12-9-5-4-8-11(12)14(13(16)17,21(18,19)20)10-6-2-1-3-7-10/h1-3,6-7,11-12H,4-5,8-9H2,(H,16,17)(H,18,19,20). The maximum atomic E-state index is 12.1. The molecule has 1 fully saturated rings. The third kappa shape index (κ3) is 2.67. The zero-order valence-corrected chi connectivity index (χ0v) is 12.8. The molecule has 3 atom stereocenters. The highest BCUT2D eigenvalue weighted by atomic mass is 35.5. The first kappa shape index (κ1) is 16.3. The summed E-state index contributed by atoms with van der Waals surface area (Å²) in [5.74, 6) is -2.46. The van der Waals surface area contributed by atoms with Crippen molar-refractivity contribution in [2.75, 3.05) is 0 Å². The molecule has 0 spiro atoms. The molecule has 1 aliphatic rings. The van der Waals surface area contributed by atoms with E-state index in [0.717, 1.165) is 6.42 Å². The van der Waals surface area contributed by atoms with Crippen LogP contribution < -0.4 is 0 Å². The van der Waals surface area contributed by atoms with E-state index >= 15 is 0 Å². The summed E-state index contributed by atoms with van der Waals surface area (Å²) < 4.78 is 31.5. The lowest BCUT2D eigenvalue weighted by atomic mass is 9.75. The summed E-state index contributed by atoms with van der Waals surface area (Å²) in [4.78, 5) is 11.9. The number of aliphatic carboxylic acids is 1. The summed E-state index contributed by atoms with van der Waals surface area (Å²) in [6, 6.07) is 7.55. The summed E-state index contributed by atoms with van der Waals surface area (Å²) in [5.41, 5.74) is 0.0394. The molecule has 5 nitrogen and oxygen atoms in total. The van der Waals surface area contributed by atoms with Gasteiger partial charge in [0.2, 0.25) is 4.75 Å². The van der Waals surface area contributed by atoms with Crippen LogP contribution in [0, 0.1) is 5.92 Å². The quantitative estimate of drug-likeness (QED) is 0.653. The molecule has 0 bridgehead atoms. The van der Waals surface area contributed by atoms with E-state index < -0.39 is 32.1 Å². The minimum absolute atomic E-state index is 0.0394. The summed E-state index contributed by atoms with van der Waals surface area (Å²) in [5, 5.41) is 9.07. The molecule has 2 rings (SSSR count). The molecular formula is C14H17ClO5S. The summed E-state index contributed by atoms with van der Waals surface area (Å²) >= 11 is 6.23. The number of hydrogen-bond acceptors (Lipinski definition) is 3. The van der Waals surface area contributed by atoms with Crippen molar-refractivity contribution in [1.29, 1.82) is 0 Å². The van der Waals surface area contributed by atoms with Crippen molar-refractivity contribution in [1.82, 2.24) is 0 Å². The van der Waals surface area contributed by atoms with Gasteiger partial charge >= 0.3 is 5.97 Å². The van der Waals surface area contributed by atoms with Crippen LogP contribution in [0.5, 0.6) is 0 Å². The average Bonchev–Trinajstić information content (AvgIpc) is 2.41. The van der Waals surface area contributed by atoms with Gasteiger partial charge in [0, 0.05) is 11.3 Å². The first-order chi connectivity index (χ1) is 9.81. The maximum absolute atomic E-state index is 12.1. The molecule has 1 aliphatic carbocycles. The van der Waals surface area contributed by atoms with Crippen molar-refractivity contribution in [3.63, 3.8) is 0 Å². The van der Waals surface area contributed by atoms with Gasteiger partial charge < -0.3 is 5.11 Å². The van der Waals surface area contributed by atoms with Crippen LogP contribution in [0.1, 0.15) is 31.2 Å². The smallest absolute Gasteiger partial charge is 0.332 e. The summed E-state index contributed by atoms with van der Waals surface area (Å²) in [7, 11) is -4.90. The molecular weight excluding hydrogens is 316 g/mol. The Morgan fingerprint density at radius 1 is 1.19 bits per heavy atom. The Bertz CT molecular complexity index is 616.